The number of aromatic nitrogens is 2. The standard InChI is InChI=1S/C23H26F3N5O/c1-15-2-4-19-16(13-28-20(19)12-15)6-9-27-22(32)30-18-7-10-31(11-8-18)21-5-3-17(14-29-21)23(24,25)26/h2-5,12-14,18,28H,6-11H2,1H3,(H2,27,30,32). The van der Waals surface area contributed by atoms with Crippen LogP contribution in [0.25, 0.3) is 10.9 Å². The summed E-state index contributed by atoms with van der Waals surface area (Å²) in [5.41, 5.74) is 2.71. The molecule has 32 heavy (non-hydrogen) atoms. The van der Waals surface area contributed by atoms with Gasteiger partial charge in [0.05, 0.1) is 5.56 Å². The van der Waals surface area contributed by atoms with Crippen molar-refractivity contribution in [2.24, 2.45) is 0 Å². The van der Waals surface area contributed by atoms with Crippen LogP contribution in [0.3, 0.4) is 0 Å². The van der Waals surface area contributed by atoms with Crippen molar-refractivity contribution in [2.75, 3.05) is 24.5 Å². The molecule has 1 aliphatic rings. The van der Waals surface area contributed by atoms with Crippen LogP contribution in [0.5, 0.6) is 0 Å². The monoisotopic (exact) mass is 445 g/mol. The molecule has 0 bridgehead atoms. The Morgan fingerprint density at radius 1 is 1.22 bits per heavy atom. The van der Waals surface area contributed by atoms with E-state index in [1.807, 2.05) is 11.1 Å². The van der Waals surface area contributed by atoms with Gasteiger partial charge in [-0.3, -0.25) is 0 Å². The van der Waals surface area contributed by atoms with Gasteiger partial charge in [0, 0.05) is 49.0 Å². The number of hydrogen-bond donors (Lipinski definition) is 3. The second-order valence-electron chi connectivity index (χ2n) is 8.18. The van der Waals surface area contributed by atoms with Crippen molar-refractivity contribution in [1.29, 1.82) is 0 Å². The van der Waals surface area contributed by atoms with Crippen LogP contribution in [0, 0.1) is 6.92 Å². The maximum absolute atomic E-state index is 12.7. The third-order valence-electron chi connectivity index (χ3n) is 5.83. The predicted molar refractivity (Wildman–Crippen MR) is 118 cm³/mol. The highest BCUT2D eigenvalue weighted by atomic mass is 19.4. The van der Waals surface area contributed by atoms with Crippen LogP contribution in [-0.4, -0.2) is 41.7 Å². The van der Waals surface area contributed by atoms with Gasteiger partial charge in [-0.25, -0.2) is 9.78 Å². The van der Waals surface area contributed by atoms with Gasteiger partial charge in [0.2, 0.25) is 0 Å². The van der Waals surface area contributed by atoms with E-state index < -0.39 is 11.7 Å². The Labute approximate surface area is 184 Å². The molecule has 0 radical (unpaired) electrons. The fraction of sp³-hybridized carbons (Fsp3) is 0.391. The number of aryl methyl sites for hydroxylation is 1. The van der Waals surface area contributed by atoms with Gasteiger partial charge < -0.3 is 20.5 Å². The largest absolute Gasteiger partial charge is 0.417 e. The van der Waals surface area contributed by atoms with Crippen LogP contribution in [-0.2, 0) is 12.6 Å². The number of alkyl halides is 3. The van der Waals surface area contributed by atoms with Gasteiger partial charge >= 0.3 is 12.2 Å². The van der Waals surface area contributed by atoms with Gasteiger partial charge in [0.15, 0.2) is 0 Å². The van der Waals surface area contributed by atoms with E-state index >= 15 is 0 Å². The molecule has 170 valence electrons. The predicted octanol–water partition coefficient (Wildman–Crippen LogP) is 4.40. The minimum Gasteiger partial charge on any atom is -0.361 e. The van der Waals surface area contributed by atoms with E-state index in [0.717, 1.165) is 29.8 Å². The molecule has 3 heterocycles. The number of anilines is 1. The lowest BCUT2D eigenvalue weighted by molar-refractivity contribution is -0.137. The molecule has 0 saturated carbocycles. The summed E-state index contributed by atoms with van der Waals surface area (Å²) in [5.74, 6) is 0.523. The summed E-state index contributed by atoms with van der Waals surface area (Å²) in [6.45, 7) is 3.83. The average Bonchev–Trinajstić information content (AvgIpc) is 3.16. The molecule has 4 rings (SSSR count). The molecule has 0 unspecified atom stereocenters. The van der Waals surface area contributed by atoms with Crippen LogP contribution in [0.1, 0.15) is 29.5 Å². The lowest BCUT2D eigenvalue weighted by Gasteiger charge is -2.33. The van der Waals surface area contributed by atoms with Gasteiger partial charge in [-0.1, -0.05) is 12.1 Å². The number of pyridine rings is 1. The molecule has 1 aromatic carbocycles. The zero-order chi connectivity index (χ0) is 22.7. The summed E-state index contributed by atoms with van der Waals surface area (Å²) in [6.07, 6.45) is 0.601. The smallest absolute Gasteiger partial charge is 0.361 e. The summed E-state index contributed by atoms with van der Waals surface area (Å²) < 4.78 is 38.1. The Bertz CT molecular complexity index is 1070. The second-order valence-corrected chi connectivity index (χ2v) is 8.18. The van der Waals surface area contributed by atoms with Crippen molar-refractivity contribution < 1.29 is 18.0 Å². The normalized spacial score (nSPS) is 15.2. The molecule has 1 fully saturated rings. The van der Waals surface area contributed by atoms with Crippen LogP contribution in [0.4, 0.5) is 23.8 Å². The van der Waals surface area contributed by atoms with Gasteiger partial charge in [-0.05, 0) is 55.5 Å². The van der Waals surface area contributed by atoms with Gasteiger partial charge in [0.1, 0.15) is 5.82 Å². The molecule has 3 N–H and O–H groups in total. The number of hydrogen-bond acceptors (Lipinski definition) is 3. The molecule has 0 aliphatic carbocycles. The number of piperidine rings is 1. The Morgan fingerprint density at radius 2 is 2.00 bits per heavy atom. The molecule has 3 aromatic rings. The number of amides is 2. The summed E-state index contributed by atoms with van der Waals surface area (Å²) in [5, 5.41) is 7.07. The van der Waals surface area contributed by atoms with Crippen molar-refractivity contribution >= 4 is 22.8 Å². The number of urea groups is 1. The molecule has 6 nitrogen and oxygen atoms in total. The Kier molecular flexibility index (Phi) is 6.25. The number of nitrogens with one attached hydrogen (secondary N) is 3. The SMILES string of the molecule is Cc1ccc2c(CCNC(=O)NC3CCN(c4ccc(C(F)(F)F)cn4)CC3)c[nH]c2c1. The van der Waals surface area contributed by atoms with E-state index in [4.69, 9.17) is 0 Å². The van der Waals surface area contributed by atoms with E-state index in [-0.39, 0.29) is 12.1 Å². The first-order chi connectivity index (χ1) is 15.3. The molecule has 0 atom stereocenters. The van der Waals surface area contributed by atoms with E-state index in [2.05, 4.69) is 45.7 Å². The molecule has 1 saturated heterocycles. The van der Waals surface area contributed by atoms with Crippen molar-refractivity contribution in [3.05, 3.63) is 59.4 Å². The third kappa shape index (κ3) is 5.15. The summed E-state index contributed by atoms with van der Waals surface area (Å²) >= 11 is 0. The number of fused-ring (bicyclic) bond motifs is 1. The van der Waals surface area contributed by atoms with Crippen molar-refractivity contribution in [2.45, 2.75) is 38.4 Å². The fourth-order valence-corrected chi connectivity index (χ4v) is 4.05. The molecular formula is C23H26F3N5O. The van der Waals surface area contributed by atoms with Crippen LogP contribution >= 0.6 is 0 Å². The zero-order valence-corrected chi connectivity index (χ0v) is 17.8. The summed E-state index contributed by atoms with van der Waals surface area (Å²) in [6, 6.07) is 8.54. The topological polar surface area (TPSA) is 73.1 Å². The van der Waals surface area contributed by atoms with Crippen LogP contribution < -0.4 is 15.5 Å². The molecule has 0 spiro atoms. The lowest BCUT2D eigenvalue weighted by Crippen LogP contribution is -2.48. The molecule has 2 amide bonds. The molecule has 1 aliphatic heterocycles. The number of carbonyl (C=O) groups excluding carboxylic acids is 1. The number of aromatic amines is 1. The Hall–Kier alpha value is -3.23. The number of rotatable bonds is 5. The Balaban J connectivity index is 1.20. The van der Waals surface area contributed by atoms with Crippen molar-refractivity contribution in [3.63, 3.8) is 0 Å². The molecular weight excluding hydrogens is 419 g/mol. The first kappa shape index (κ1) is 22.0. The lowest BCUT2D eigenvalue weighted by atomic mass is 10.1. The van der Waals surface area contributed by atoms with Gasteiger partial charge in [-0.15, -0.1) is 0 Å². The average molecular weight is 445 g/mol. The van der Waals surface area contributed by atoms with E-state index in [0.29, 0.717) is 38.3 Å². The van der Waals surface area contributed by atoms with E-state index in [1.54, 1.807) is 0 Å². The maximum Gasteiger partial charge on any atom is 0.417 e. The molecule has 2 aromatic heterocycles. The second kappa shape index (κ2) is 9.10. The number of nitrogens with zero attached hydrogens (tertiary/aromatic N) is 2. The zero-order valence-electron chi connectivity index (χ0n) is 17.8. The number of halogens is 3. The third-order valence-corrected chi connectivity index (χ3v) is 5.83. The van der Waals surface area contributed by atoms with Gasteiger partial charge in [-0.2, -0.15) is 13.2 Å². The van der Waals surface area contributed by atoms with Crippen molar-refractivity contribution in [3.8, 4) is 0 Å². The quantitative estimate of drug-likeness (QED) is 0.545. The fourth-order valence-electron chi connectivity index (χ4n) is 4.05. The number of carbonyl (C=O) groups is 1. The highest BCUT2D eigenvalue weighted by Crippen LogP contribution is 2.29. The van der Waals surface area contributed by atoms with Gasteiger partial charge in [0.25, 0.3) is 0 Å². The maximum atomic E-state index is 12.7. The van der Waals surface area contributed by atoms with E-state index in [9.17, 15) is 18.0 Å². The Morgan fingerprint density at radius 3 is 2.69 bits per heavy atom. The van der Waals surface area contributed by atoms with Crippen molar-refractivity contribution in [1.82, 2.24) is 20.6 Å². The summed E-state index contributed by atoms with van der Waals surface area (Å²) in [4.78, 5) is 21.4. The molecule has 9 heteroatoms. The highest BCUT2D eigenvalue weighted by Gasteiger charge is 2.31. The first-order valence-corrected chi connectivity index (χ1v) is 10.7. The number of H-pyrrole nitrogens is 1. The highest BCUT2D eigenvalue weighted by molar-refractivity contribution is 5.84. The minimum atomic E-state index is -4.39. The van der Waals surface area contributed by atoms with E-state index in [1.165, 1.54) is 17.0 Å². The summed E-state index contributed by atoms with van der Waals surface area (Å²) in [7, 11) is 0. The van der Waals surface area contributed by atoms with Crippen LogP contribution in [0.2, 0.25) is 0 Å². The first-order valence-electron chi connectivity index (χ1n) is 10.7. The van der Waals surface area contributed by atoms with Crippen LogP contribution in [0.15, 0.2) is 42.7 Å². The number of benzene rings is 1. The minimum absolute atomic E-state index is 0.0248.